The van der Waals surface area contributed by atoms with E-state index in [1.165, 1.54) is 12.1 Å². The predicted molar refractivity (Wildman–Crippen MR) is 136 cm³/mol. The van der Waals surface area contributed by atoms with Crippen LogP contribution in [0.2, 0.25) is 5.02 Å². The van der Waals surface area contributed by atoms with Crippen molar-refractivity contribution in [1.82, 2.24) is 4.90 Å². The Hall–Kier alpha value is -1.38. The molecule has 1 N–H and O–H groups in total. The van der Waals surface area contributed by atoms with E-state index in [1.807, 2.05) is 19.1 Å². The van der Waals surface area contributed by atoms with Crippen LogP contribution < -0.4 is 10.1 Å². The second kappa shape index (κ2) is 10.5. The highest BCUT2D eigenvalue weighted by Crippen LogP contribution is 2.36. The summed E-state index contributed by atoms with van der Waals surface area (Å²) in [7, 11) is 0. The molecule has 2 aromatic rings. The van der Waals surface area contributed by atoms with Gasteiger partial charge in [0, 0.05) is 14.8 Å². The van der Waals surface area contributed by atoms with Crippen molar-refractivity contribution in [3.05, 3.63) is 58.8 Å². The SMILES string of the molecule is CCOc1c(I)cc(I)cc1/C=C1/SC(=O)N(CC(=O)Nc2ccc(F)c(Cl)c2)C1=O. The Labute approximate surface area is 214 Å². The molecule has 0 atom stereocenters. The van der Waals surface area contributed by atoms with Gasteiger partial charge in [0.15, 0.2) is 0 Å². The zero-order valence-corrected chi connectivity index (χ0v) is 21.8. The first-order chi connectivity index (χ1) is 14.7. The van der Waals surface area contributed by atoms with Crippen LogP contribution in [0, 0.1) is 13.0 Å². The third-order valence-corrected chi connectivity index (χ3v) is 6.61. The van der Waals surface area contributed by atoms with Crippen LogP contribution in [-0.2, 0) is 9.59 Å². The van der Waals surface area contributed by atoms with Crippen LogP contribution in [0.4, 0.5) is 14.9 Å². The van der Waals surface area contributed by atoms with Crippen LogP contribution in [-0.4, -0.2) is 35.1 Å². The van der Waals surface area contributed by atoms with E-state index in [9.17, 15) is 18.8 Å². The molecule has 0 aliphatic carbocycles. The zero-order valence-electron chi connectivity index (χ0n) is 15.9. The number of thioether (sulfide) groups is 1. The summed E-state index contributed by atoms with van der Waals surface area (Å²) in [5, 5.41) is 1.79. The summed E-state index contributed by atoms with van der Waals surface area (Å²) in [6.07, 6.45) is 1.60. The number of halogens is 4. The first-order valence-electron chi connectivity index (χ1n) is 8.81. The van der Waals surface area contributed by atoms with Gasteiger partial charge < -0.3 is 10.1 Å². The quantitative estimate of drug-likeness (QED) is 0.309. The largest absolute Gasteiger partial charge is 0.492 e. The average molecular weight is 687 g/mol. The molecule has 11 heteroatoms. The molecule has 1 aliphatic rings. The first-order valence-corrected chi connectivity index (χ1v) is 12.2. The molecule has 0 spiro atoms. The van der Waals surface area contributed by atoms with Crippen molar-refractivity contribution < 1.29 is 23.5 Å². The molecule has 162 valence electrons. The molecule has 0 bridgehead atoms. The number of nitrogens with one attached hydrogen (secondary N) is 1. The van der Waals surface area contributed by atoms with E-state index in [0.717, 1.165) is 29.9 Å². The lowest BCUT2D eigenvalue weighted by Gasteiger charge is -2.13. The average Bonchev–Trinajstić information content (AvgIpc) is 2.95. The minimum absolute atomic E-state index is 0.149. The first kappa shape index (κ1) is 24.3. The Morgan fingerprint density at radius 3 is 2.71 bits per heavy atom. The number of nitrogens with zero attached hydrogens (tertiary/aromatic N) is 1. The lowest BCUT2D eigenvalue weighted by atomic mass is 10.2. The van der Waals surface area contributed by atoms with Gasteiger partial charge in [0.05, 0.1) is 20.1 Å². The molecule has 0 unspecified atom stereocenters. The second-order valence-corrected chi connectivity index (χ2v) is 9.99. The fourth-order valence-electron chi connectivity index (χ4n) is 2.68. The minimum atomic E-state index is -0.618. The standard InChI is InChI=1S/C20H14ClFI2N2O4S/c1-2-30-18-10(5-11(23)7-15(18)24)6-16-19(28)26(20(29)31-16)9-17(27)25-12-3-4-14(22)13(21)8-12/h3-8H,2,9H2,1H3,(H,25,27)/b16-6+. The molecule has 0 aromatic heterocycles. The number of benzene rings is 2. The number of anilines is 1. The number of amides is 3. The molecular formula is C20H14ClFI2N2O4S. The summed E-state index contributed by atoms with van der Waals surface area (Å²) in [6, 6.07) is 7.49. The van der Waals surface area contributed by atoms with Crippen LogP contribution in [0.25, 0.3) is 6.08 Å². The van der Waals surface area contributed by atoms with E-state index in [4.69, 9.17) is 16.3 Å². The molecule has 1 aliphatic heterocycles. The molecule has 0 saturated carbocycles. The Balaban J connectivity index is 1.78. The molecule has 1 fully saturated rings. The molecule has 1 saturated heterocycles. The third-order valence-electron chi connectivity index (χ3n) is 3.99. The van der Waals surface area contributed by atoms with Gasteiger partial charge in [-0.25, -0.2) is 4.39 Å². The van der Waals surface area contributed by atoms with Gasteiger partial charge in [-0.05, 0) is 100 Å². The Morgan fingerprint density at radius 2 is 2.03 bits per heavy atom. The van der Waals surface area contributed by atoms with Crippen LogP contribution in [0.5, 0.6) is 5.75 Å². The second-order valence-electron chi connectivity index (χ2n) is 6.18. The molecule has 31 heavy (non-hydrogen) atoms. The van der Waals surface area contributed by atoms with Crippen LogP contribution in [0.1, 0.15) is 12.5 Å². The summed E-state index contributed by atoms with van der Waals surface area (Å²) in [6.45, 7) is 1.84. The van der Waals surface area contributed by atoms with Gasteiger partial charge in [-0.3, -0.25) is 19.3 Å². The number of rotatable bonds is 6. The van der Waals surface area contributed by atoms with Gasteiger partial charge >= 0.3 is 0 Å². The van der Waals surface area contributed by atoms with Crippen molar-refractivity contribution in [3.63, 3.8) is 0 Å². The normalized spacial score (nSPS) is 15.0. The maximum atomic E-state index is 13.3. The van der Waals surface area contributed by atoms with Crippen molar-refractivity contribution in [3.8, 4) is 5.75 Å². The lowest BCUT2D eigenvalue weighted by molar-refractivity contribution is -0.127. The minimum Gasteiger partial charge on any atom is -0.492 e. The smallest absolute Gasteiger partial charge is 0.294 e. The van der Waals surface area contributed by atoms with Gasteiger partial charge in [-0.2, -0.15) is 0 Å². The fraction of sp³-hybridized carbons (Fsp3) is 0.150. The summed E-state index contributed by atoms with van der Waals surface area (Å²) >= 11 is 10.8. The maximum Gasteiger partial charge on any atom is 0.294 e. The Bertz CT molecular complexity index is 1110. The summed E-state index contributed by atoms with van der Waals surface area (Å²) < 4.78 is 20.8. The number of hydrogen-bond acceptors (Lipinski definition) is 5. The van der Waals surface area contributed by atoms with Crippen molar-refractivity contribution in [1.29, 1.82) is 0 Å². The monoisotopic (exact) mass is 686 g/mol. The topological polar surface area (TPSA) is 75.7 Å². The summed E-state index contributed by atoms with van der Waals surface area (Å²) in [5.41, 5.74) is 0.933. The number of carbonyl (C=O) groups excluding carboxylic acids is 3. The fourth-order valence-corrected chi connectivity index (χ4v) is 5.73. The van der Waals surface area contributed by atoms with E-state index in [2.05, 4.69) is 50.5 Å². The lowest BCUT2D eigenvalue weighted by Crippen LogP contribution is -2.36. The van der Waals surface area contributed by atoms with Crippen molar-refractivity contribution >= 4 is 97.4 Å². The van der Waals surface area contributed by atoms with Crippen molar-refractivity contribution in [2.24, 2.45) is 0 Å². The summed E-state index contributed by atoms with van der Waals surface area (Å²) in [4.78, 5) is 38.5. The molecule has 2 aromatic carbocycles. The molecule has 1 heterocycles. The zero-order chi connectivity index (χ0) is 22.7. The molecular weight excluding hydrogens is 673 g/mol. The van der Waals surface area contributed by atoms with Gasteiger partial charge in [-0.15, -0.1) is 0 Å². The van der Waals surface area contributed by atoms with Crippen LogP contribution in [0.3, 0.4) is 0 Å². The summed E-state index contributed by atoms with van der Waals surface area (Å²) in [5.74, 6) is -1.17. The highest BCUT2D eigenvalue weighted by molar-refractivity contribution is 14.1. The predicted octanol–water partition coefficient (Wildman–Crippen LogP) is 5.76. The molecule has 6 nitrogen and oxygen atoms in total. The van der Waals surface area contributed by atoms with E-state index >= 15 is 0 Å². The van der Waals surface area contributed by atoms with E-state index in [1.54, 1.807) is 6.08 Å². The van der Waals surface area contributed by atoms with E-state index in [0.29, 0.717) is 17.9 Å². The molecule has 3 amide bonds. The van der Waals surface area contributed by atoms with Crippen molar-refractivity contribution in [2.45, 2.75) is 6.92 Å². The van der Waals surface area contributed by atoms with Gasteiger partial charge in [0.25, 0.3) is 11.1 Å². The van der Waals surface area contributed by atoms with E-state index < -0.39 is 29.4 Å². The highest BCUT2D eigenvalue weighted by atomic mass is 127. The van der Waals surface area contributed by atoms with Gasteiger partial charge in [-0.1, -0.05) is 11.6 Å². The van der Waals surface area contributed by atoms with Crippen LogP contribution >= 0.6 is 68.5 Å². The van der Waals surface area contributed by atoms with Gasteiger partial charge in [0.2, 0.25) is 5.91 Å². The van der Waals surface area contributed by atoms with Crippen LogP contribution in [0.15, 0.2) is 35.2 Å². The molecule has 0 radical (unpaired) electrons. The maximum absolute atomic E-state index is 13.3. The molecule has 3 rings (SSSR count). The van der Waals surface area contributed by atoms with Gasteiger partial charge in [0.1, 0.15) is 18.1 Å². The number of imide groups is 1. The number of ether oxygens (including phenoxy) is 1. The Kier molecular flexibility index (Phi) is 8.21. The highest BCUT2D eigenvalue weighted by Gasteiger charge is 2.36. The van der Waals surface area contributed by atoms with E-state index in [-0.39, 0.29) is 15.6 Å². The number of hydrogen-bond donors (Lipinski definition) is 1. The number of carbonyl (C=O) groups is 3. The third kappa shape index (κ3) is 5.90. The Morgan fingerprint density at radius 1 is 1.29 bits per heavy atom. The van der Waals surface area contributed by atoms with Crippen molar-refractivity contribution in [2.75, 3.05) is 18.5 Å².